The van der Waals surface area contributed by atoms with Crippen LogP contribution in [0.2, 0.25) is 0 Å². The van der Waals surface area contributed by atoms with Crippen molar-refractivity contribution in [3.05, 3.63) is 33.9 Å². The third kappa shape index (κ3) is 3.39. The second-order valence-electron chi connectivity index (χ2n) is 5.28. The molecule has 1 atom stereocenters. The Morgan fingerprint density at radius 1 is 1.48 bits per heavy atom. The molecule has 0 spiro atoms. The minimum atomic E-state index is -3.71. The Labute approximate surface area is 124 Å². The number of nitrogens with one attached hydrogen (secondary N) is 1. The Balaban J connectivity index is 2.26. The molecule has 1 N–H and O–H groups in total. The van der Waals surface area contributed by atoms with Gasteiger partial charge in [0.05, 0.1) is 9.82 Å². The molecule has 0 amide bonds. The van der Waals surface area contributed by atoms with E-state index in [1.54, 1.807) is 6.92 Å². The van der Waals surface area contributed by atoms with Gasteiger partial charge in [-0.1, -0.05) is 6.07 Å². The first kappa shape index (κ1) is 15.9. The van der Waals surface area contributed by atoms with E-state index in [-0.39, 0.29) is 16.6 Å². The van der Waals surface area contributed by atoms with Crippen LogP contribution in [-0.2, 0) is 10.0 Å². The van der Waals surface area contributed by atoms with E-state index in [0.29, 0.717) is 12.1 Å². The summed E-state index contributed by atoms with van der Waals surface area (Å²) < 4.78 is 26.2. The van der Waals surface area contributed by atoms with Crippen molar-refractivity contribution in [2.45, 2.75) is 30.7 Å². The highest BCUT2D eigenvalue weighted by Crippen LogP contribution is 2.24. The smallest absolute Gasteiger partial charge is 0.273 e. The van der Waals surface area contributed by atoms with Crippen molar-refractivity contribution in [2.75, 3.05) is 20.1 Å². The maximum absolute atomic E-state index is 12.5. The standard InChI is InChI=1S/C13H19N3O4S/c1-10-5-6-12(8-13(10)16(17)18)21(19,20)15(2)9-11-4-3-7-14-11/h5-6,8,11,14H,3-4,7,9H2,1-2H3. The first-order valence-corrected chi connectivity index (χ1v) is 8.21. The number of rotatable bonds is 5. The van der Waals surface area contributed by atoms with E-state index < -0.39 is 14.9 Å². The molecule has 0 radical (unpaired) electrons. The number of nitro benzene ring substituents is 1. The lowest BCUT2D eigenvalue weighted by Crippen LogP contribution is -2.38. The highest BCUT2D eigenvalue weighted by atomic mass is 32.2. The van der Waals surface area contributed by atoms with E-state index in [2.05, 4.69) is 5.32 Å². The minimum Gasteiger partial charge on any atom is -0.313 e. The van der Waals surface area contributed by atoms with Crippen LogP contribution in [0.25, 0.3) is 0 Å². The molecule has 116 valence electrons. The molecule has 0 aromatic heterocycles. The van der Waals surface area contributed by atoms with Crippen molar-refractivity contribution >= 4 is 15.7 Å². The Morgan fingerprint density at radius 3 is 2.76 bits per heavy atom. The largest absolute Gasteiger partial charge is 0.313 e. The van der Waals surface area contributed by atoms with Crippen molar-refractivity contribution in [1.29, 1.82) is 0 Å². The lowest BCUT2D eigenvalue weighted by molar-refractivity contribution is -0.385. The Bertz CT molecular complexity index is 639. The van der Waals surface area contributed by atoms with E-state index >= 15 is 0 Å². The number of likely N-dealkylation sites (N-methyl/N-ethyl adjacent to an activating group) is 1. The quantitative estimate of drug-likeness (QED) is 0.653. The zero-order valence-corrected chi connectivity index (χ0v) is 12.9. The van der Waals surface area contributed by atoms with Crippen molar-refractivity contribution in [2.24, 2.45) is 0 Å². The SMILES string of the molecule is Cc1ccc(S(=O)(=O)N(C)CC2CCCN2)cc1[N+](=O)[O-]. The van der Waals surface area contributed by atoms with Gasteiger partial charge in [-0.2, -0.15) is 4.31 Å². The number of hydrogen-bond acceptors (Lipinski definition) is 5. The summed E-state index contributed by atoms with van der Waals surface area (Å²) in [5.41, 5.74) is 0.266. The average molecular weight is 313 g/mol. The predicted octanol–water partition coefficient (Wildman–Crippen LogP) is 1.28. The van der Waals surface area contributed by atoms with E-state index in [9.17, 15) is 18.5 Å². The lowest BCUT2D eigenvalue weighted by Gasteiger charge is -2.21. The number of benzene rings is 1. The summed E-state index contributed by atoms with van der Waals surface area (Å²) in [6, 6.07) is 4.15. The Hall–Kier alpha value is -1.51. The van der Waals surface area contributed by atoms with Gasteiger partial charge in [0, 0.05) is 31.3 Å². The summed E-state index contributed by atoms with van der Waals surface area (Å²) in [5, 5.41) is 14.2. The molecule has 7 nitrogen and oxygen atoms in total. The minimum absolute atomic E-state index is 0.0414. The molecular formula is C13H19N3O4S. The van der Waals surface area contributed by atoms with E-state index in [1.165, 1.54) is 23.5 Å². The van der Waals surface area contributed by atoms with Crippen LogP contribution in [-0.4, -0.2) is 43.8 Å². The summed E-state index contributed by atoms with van der Waals surface area (Å²) in [5.74, 6) is 0. The Kier molecular flexibility index (Phi) is 4.60. The van der Waals surface area contributed by atoms with Crippen LogP contribution in [0.3, 0.4) is 0 Å². The number of nitrogens with zero attached hydrogens (tertiary/aromatic N) is 2. The monoisotopic (exact) mass is 313 g/mol. The molecule has 21 heavy (non-hydrogen) atoms. The highest BCUT2D eigenvalue weighted by molar-refractivity contribution is 7.89. The van der Waals surface area contributed by atoms with Gasteiger partial charge in [0.2, 0.25) is 10.0 Å². The van der Waals surface area contributed by atoms with Crippen LogP contribution in [0, 0.1) is 17.0 Å². The van der Waals surface area contributed by atoms with Crippen LogP contribution in [0.15, 0.2) is 23.1 Å². The summed E-state index contributed by atoms with van der Waals surface area (Å²) >= 11 is 0. The fraction of sp³-hybridized carbons (Fsp3) is 0.538. The van der Waals surface area contributed by atoms with Crippen LogP contribution in [0.5, 0.6) is 0 Å². The van der Waals surface area contributed by atoms with Crippen LogP contribution in [0.4, 0.5) is 5.69 Å². The third-order valence-corrected chi connectivity index (χ3v) is 5.54. The van der Waals surface area contributed by atoms with Crippen molar-refractivity contribution in [3.8, 4) is 0 Å². The van der Waals surface area contributed by atoms with Gasteiger partial charge in [0.15, 0.2) is 0 Å². The normalized spacial score (nSPS) is 19.1. The molecule has 1 aliphatic heterocycles. The molecule has 0 saturated carbocycles. The van der Waals surface area contributed by atoms with Crippen LogP contribution in [0.1, 0.15) is 18.4 Å². The number of sulfonamides is 1. The van der Waals surface area contributed by atoms with Gasteiger partial charge in [-0.15, -0.1) is 0 Å². The van der Waals surface area contributed by atoms with E-state index in [1.807, 2.05) is 0 Å². The molecule has 1 heterocycles. The topological polar surface area (TPSA) is 92.6 Å². The first-order valence-electron chi connectivity index (χ1n) is 6.77. The maximum atomic E-state index is 12.5. The summed E-state index contributed by atoms with van der Waals surface area (Å²) in [7, 11) is -2.21. The van der Waals surface area contributed by atoms with Crippen molar-refractivity contribution in [1.82, 2.24) is 9.62 Å². The predicted molar refractivity (Wildman–Crippen MR) is 78.7 cm³/mol. The molecule has 1 aliphatic rings. The number of nitro groups is 1. The zero-order valence-electron chi connectivity index (χ0n) is 12.1. The molecule has 1 unspecified atom stereocenters. The van der Waals surface area contributed by atoms with Gasteiger partial charge in [0.1, 0.15) is 0 Å². The second-order valence-corrected chi connectivity index (χ2v) is 7.33. The molecule has 0 bridgehead atoms. The van der Waals surface area contributed by atoms with Crippen molar-refractivity contribution < 1.29 is 13.3 Å². The fourth-order valence-electron chi connectivity index (χ4n) is 2.45. The highest BCUT2D eigenvalue weighted by Gasteiger charge is 2.27. The van der Waals surface area contributed by atoms with Gasteiger partial charge in [-0.05, 0) is 32.4 Å². The lowest BCUT2D eigenvalue weighted by atomic mass is 10.2. The third-order valence-electron chi connectivity index (χ3n) is 3.73. The molecule has 2 rings (SSSR count). The first-order chi connectivity index (χ1) is 9.82. The summed E-state index contributed by atoms with van der Waals surface area (Å²) in [6.45, 7) is 2.85. The average Bonchev–Trinajstić information content (AvgIpc) is 2.91. The fourth-order valence-corrected chi connectivity index (χ4v) is 3.68. The van der Waals surface area contributed by atoms with E-state index in [4.69, 9.17) is 0 Å². The Morgan fingerprint density at radius 2 is 2.19 bits per heavy atom. The molecule has 1 aromatic carbocycles. The van der Waals surface area contributed by atoms with Crippen LogP contribution < -0.4 is 5.32 Å². The number of hydrogen-bond donors (Lipinski definition) is 1. The van der Waals surface area contributed by atoms with Gasteiger partial charge >= 0.3 is 0 Å². The van der Waals surface area contributed by atoms with Gasteiger partial charge in [-0.3, -0.25) is 10.1 Å². The van der Waals surface area contributed by atoms with E-state index in [0.717, 1.165) is 25.5 Å². The molecular weight excluding hydrogens is 294 g/mol. The molecule has 1 saturated heterocycles. The molecule has 1 aromatic rings. The summed E-state index contributed by atoms with van der Waals surface area (Å²) in [4.78, 5) is 10.3. The zero-order chi connectivity index (χ0) is 15.6. The molecule has 8 heteroatoms. The molecule has 0 aliphatic carbocycles. The number of aryl methyl sites for hydroxylation is 1. The van der Waals surface area contributed by atoms with Crippen LogP contribution >= 0.6 is 0 Å². The van der Waals surface area contributed by atoms with Gasteiger partial charge in [0.25, 0.3) is 5.69 Å². The van der Waals surface area contributed by atoms with Gasteiger partial charge in [-0.25, -0.2) is 8.42 Å². The van der Waals surface area contributed by atoms with Gasteiger partial charge < -0.3 is 5.32 Å². The second kappa shape index (κ2) is 6.08. The summed E-state index contributed by atoms with van der Waals surface area (Å²) in [6.07, 6.45) is 1.97. The maximum Gasteiger partial charge on any atom is 0.273 e. The molecule has 1 fully saturated rings. The van der Waals surface area contributed by atoms with Crippen molar-refractivity contribution in [3.63, 3.8) is 0 Å².